The molecule has 0 radical (unpaired) electrons. The molecule has 3 N–H and O–H groups in total. The molecule has 1 aromatic heterocycles. The van der Waals surface area contributed by atoms with Crippen molar-refractivity contribution in [2.45, 2.75) is 19.4 Å². The minimum absolute atomic E-state index is 0.0243. The smallest absolute Gasteiger partial charge is 0.251 e. The molecular weight excluding hydrogens is 315 g/mol. The summed E-state index contributed by atoms with van der Waals surface area (Å²) in [7, 11) is 0. The van der Waals surface area contributed by atoms with Gasteiger partial charge in [0.25, 0.3) is 5.91 Å². The number of halogens is 2. The number of hydrogen-bond acceptors (Lipinski definition) is 3. The lowest BCUT2D eigenvalue weighted by molar-refractivity contribution is 0.0940. The molecule has 1 atom stereocenters. The van der Waals surface area contributed by atoms with Crippen LogP contribution in [0.15, 0.2) is 29.6 Å². The number of benzene rings is 1. The molecule has 1 amide bonds. The molecule has 3 nitrogen and oxygen atoms in total. The van der Waals surface area contributed by atoms with E-state index in [4.69, 9.17) is 28.9 Å². The molecule has 2 rings (SSSR count). The van der Waals surface area contributed by atoms with Gasteiger partial charge in [-0.05, 0) is 30.5 Å². The molecule has 6 heteroatoms. The van der Waals surface area contributed by atoms with E-state index in [2.05, 4.69) is 5.32 Å². The van der Waals surface area contributed by atoms with Gasteiger partial charge in [0, 0.05) is 22.9 Å². The van der Waals surface area contributed by atoms with E-state index in [1.807, 2.05) is 24.4 Å². The monoisotopic (exact) mass is 328 g/mol. The van der Waals surface area contributed by atoms with Crippen LogP contribution in [0.2, 0.25) is 10.0 Å². The second kappa shape index (κ2) is 6.48. The highest BCUT2D eigenvalue weighted by molar-refractivity contribution is 7.09. The van der Waals surface area contributed by atoms with Crippen LogP contribution in [0.1, 0.15) is 22.2 Å². The fourth-order valence-electron chi connectivity index (χ4n) is 1.80. The van der Waals surface area contributed by atoms with Crippen molar-refractivity contribution in [3.05, 3.63) is 50.1 Å². The van der Waals surface area contributed by atoms with Gasteiger partial charge < -0.3 is 11.1 Å². The van der Waals surface area contributed by atoms with Crippen LogP contribution in [0.4, 0.5) is 5.69 Å². The number of nitrogens with two attached hydrogens (primary N) is 1. The minimum Gasteiger partial charge on any atom is -0.396 e. The van der Waals surface area contributed by atoms with Crippen molar-refractivity contribution in [1.29, 1.82) is 0 Å². The van der Waals surface area contributed by atoms with Gasteiger partial charge in [0.1, 0.15) is 0 Å². The predicted octanol–water partition coefficient (Wildman–Crippen LogP) is 4.00. The van der Waals surface area contributed by atoms with E-state index in [1.54, 1.807) is 11.3 Å². The fraction of sp³-hybridized carbons (Fsp3) is 0.214. The molecule has 1 unspecified atom stereocenters. The second-order valence-electron chi connectivity index (χ2n) is 4.51. The Hall–Kier alpha value is -1.23. The van der Waals surface area contributed by atoms with Gasteiger partial charge in [-0.25, -0.2) is 0 Å². The highest BCUT2D eigenvalue weighted by Gasteiger charge is 2.14. The lowest BCUT2D eigenvalue weighted by Crippen LogP contribution is -2.33. The zero-order valence-corrected chi connectivity index (χ0v) is 13.1. The van der Waals surface area contributed by atoms with Gasteiger partial charge in [0.15, 0.2) is 0 Å². The van der Waals surface area contributed by atoms with Crippen molar-refractivity contribution in [2.75, 3.05) is 5.73 Å². The van der Waals surface area contributed by atoms with Crippen molar-refractivity contribution in [2.24, 2.45) is 0 Å². The molecule has 2 aromatic rings. The summed E-state index contributed by atoms with van der Waals surface area (Å²) in [4.78, 5) is 13.4. The topological polar surface area (TPSA) is 55.1 Å². The number of rotatable bonds is 4. The van der Waals surface area contributed by atoms with Crippen LogP contribution in [0.25, 0.3) is 0 Å². The standard InChI is InChI=1S/C14H14Cl2N2OS/c1-8(5-10-3-2-4-20-10)18-14(19)9-6-11(15)13(17)12(16)7-9/h2-4,6-8H,5,17H2,1H3,(H,18,19). The van der Waals surface area contributed by atoms with Gasteiger partial charge in [-0.15, -0.1) is 11.3 Å². The van der Waals surface area contributed by atoms with Crippen LogP contribution in [0, 0.1) is 0 Å². The summed E-state index contributed by atoms with van der Waals surface area (Å²) >= 11 is 13.5. The number of anilines is 1. The molecule has 1 heterocycles. The SMILES string of the molecule is CC(Cc1cccs1)NC(=O)c1cc(Cl)c(N)c(Cl)c1. The Labute approximate surface area is 131 Å². The third-order valence-corrected chi connectivity index (χ3v) is 4.33. The van der Waals surface area contributed by atoms with Gasteiger partial charge in [-0.1, -0.05) is 29.3 Å². The van der Waals surface area contributed by atoms with Gasteiger partial charge in [-0.2, -0.15) is 0 Å². The van der Waals surface area contributed by atoms with Crippen molar-refractivity contribution in [1.82, 2.24) is 5.32 Å². The molecule has 20 heavy (non-hydrogen) atoms. The highest BCUT2D eigenvalue weighted by atomic mass is 35.5. The Balaban J connectivity index is 2.04. The van der Waals surface area contributed by atoms with E-state index in [0.29, 0.717) is 5.56 Å². The predicted molar refractivity (Wildman–Crippen MR) is 85.8 cm³/mol. The molecule has 0 bridgehead atoms. The molecule has 0 saturated heterocycles. The maximum atomic E-state index is 12.1. The quantitative estimate of drug-likeness (QED) is 0.833. The average molecular weight is 329 g/mol. The molecule has 1 aromatic carbocycles. The normalized spacial score (nSPS) is 12.2. The number of hydrogen-bond donors (Lipinski definition) is 2. The first kappa shape index (κ1) is 15.2. The molecular formula is C14H14Cl2N2OS. The van der Waals surface area contributed by atoms with Crippen molar-refractivity contribution in [3.63, 3.8) is 0 Å². The van der Waals surface area contributed by atoms with Crippen molar-refractivity contribution in [3.8, 4) is 0 Å². The zero-order valence-electron chi connectivity index (χ0n) is 10.8. The molecule has 0 aliphatic heterocycles. The Morgan fingerprint density at radius 1 is 1.40 bits per heavy atom. The van der Waals surface area contributed by atoms with E-state index in [1.165, 1.54) is 17.0 Å². The average Bonchev–Trinajstić information content (AvgIpc) is 2.87. The Bertz CT molecular complexity index is 591. The summed E-state index contributed by atoms with van der Waals surface area (Å²) in [5.41, 5.74) is 6.35. The molecule has 0 aliphatic carbocycles. The summed E-state index contributed by atoms with van der Waals surface area (Å²) in [6.07, 6.45) is 0.792. The number of nitrogen functional groups attached to an aromatic ring is 1. The van der Waals surface area contributed by atoms with Gasteiger partial charge in [-0.3, -0.25) is 4.79 Å². The highest BCUT2D eigenvalue weighted by Crippen LogP contribution is 2.28. The summed E-state index contributed by atoms with van der Waals surface area (Å²) in [5, 5.41) is 5.51. The van der Waals surface area contributed by atoms with Crippen LogP contribution >= 0.6 is 34.5 Å². The third-order valence-electron chi connectivity index (χ3n) is 2.81. The van der Waals surface area contributed by atoms with Gasteiger partial charge in [0.2, 0.25) is 0 Å². The number of amides is 1. The molecule has 106 valence electrons. The summed E-state index contributed by atoms with van der Waals surface area (Å²) in [6.45, 7) is 1.96. The van der Waals surface area contributed by atoms with Gasteiger partial charge in [0.05, 0.1) is 15.7 Å². The van der Waals surface area contributed by atoms with Crippen LogP contribution < -0.4 is 11.1 Å². The van der Waals surface area contributed by atoms with Crippen LogP contribution in [-0.4, -0.2) is 11.9 Å². The second-order valence-corrected chi connectivity index (χ2v) is 6.36. The summed E-state index contributed by atoms with van der Waals surface area (Å²) < 4.78 is 0. The number of thiophene rings is 1. The van der Waals surface area contributed by atoms with Crippen LogP contribution in [0.5, 0.6) is 0 Å². The van der Waals surface area contributed by atoms with E-state index >= 15 is 0 Å². The lowest BCUT2D eigenvalue weighted by atomic mass is 10.1. The first-order valence-electron chi connectivity index (χ1n) is 6.05. The maximum Gasteiger partial charge on any atom is 0.251 e. The molecule has 0 fully saturated rings. The Morgan fingerprint density at radius 2 is 2.05 bits per heavy atom. The van der Waals surface area contributed by atoms with E-state index < -0.39 is 0 Å². The summed E-state index contributed by atoms with van der Waals surface area (Å²) in [5.74, 6) is -0.210. The largest absolute Gasteiger partial charge is 0.396 e. The van der Waals surface area contributed by atoms with Crippen molar-refractivity contribution >= 4 is 46.1 Å². The van der Waals surface area contributed by atoms with Crippen LogP contribution in [0.3, 0.4) is 0 Å². The summed E-state index contributed by atoms with van der Waals surface area (Å²) in [6, 6.07) is 7.11. The van der Waals surface area contributed by atoms with Crippen molar-refractivity contribution < 1.29 is 4.79 Å². The minimum atomic E-state index is -0.210. The lowest BCUT2D eigenvalue weighted by Gasteiger charge is -2.14. The van der Waals surface area contributed by atoms with E-state index in [9.17, 15) is 4.79 Å². The fourth-order valence-corrected chi connectivity index (χ4v) is 3.13. The number of nitrogens with one attached hydrogen (secondary N) is 1. The Kier molecular flexibility index (Phi) is 4.91. The first-order valence-corrected chi connectivity index (χ1v) is 7.68. The van der Waals surface area contributed by atoms with Crippen LogP contribution in [-0.2, 0) is 6.42 Å². The third kappa shape index (κ3) is 3.66. The number of carbonyl (C=O) groups is 1. The molecule has 0 spiro atoms. The molecule has 0 saturated carbocycles. The number of carbonyl (C=O) groups excluding carboxylic acids is 1. The van der Waals surface area contributed by atoms with E-state index in [0.717, 1.165) is 6.42 Å². The first-order chi connectivity index (χ1) is 9.47. The van der Waals surface area contributed by atoms with E-state index in [-0.39, 0.29) is 27.7 Å². The maximum absolute atomic E-state index is 12.1. The Morgan fingerprint density at radius 3 is 2.60 bits per heavy atom. The van der Waals surface area contributed by atoms with Gasteiger partial charge >= 0.3 is 0 Å². The zero-order chi connectivity index (χ0) is 14.7. The molecule has 0 aliphatic rings.